The summed E-state index contributed by atoms with van der Waals surface area (Å²) in [7, 11) is -3.69. The zero-order valence-electron chi connectivity index (χ0n) is 24.1. The molecule has 0 aliphatic rings. The summed E-state index contributed by atoms with van der Waals surface area (Å²) in [5.41, 5.74) is 5.87. The van der Waals surface area contributed by atoms with Gasteiger partial charge in [0, 0.05) is 15.7 Å². The number of sulfonamides is 1. The van der Waals surface area contributed by atoms with E-state index in [0.29, 0.717) is 12.0 Å². The third-order valence-electron chi connectivity index (χ3n) is 5.87. The van der Waals surface area contributed by atoms with Crippen LogP contribution in [0.1, 0.15) is 30.5 Å². The van der Waals surface area contributed by atoms with Crippen molar-refractivity contribution in [3.63, 3.8) is 0 Å². The first-order valence-electron chi connectivity index (χ1n) is 13.2. The van der Waals surface area contributed by atoms with Crippen molar-refractivity contribution in [2.75, 3.05) is 5.32 Å². The van der Waals surface area contributed by atoms with Crippen LogP contribution in [0.2, 0.25) is 0 Å². The zero-order chi connectivity index (χ0) is 30.4. The van der Waals surface area contributed by atoms with Gasteiger partial charge < -0.3 is 5.32 Å². The molecule has 0 aliphatic carbocycles. The van der Waals surface area contributed by atoms with Crippen molar-refractivity contribution < 1.29 is 13.2 Å². The quantitative estimate of drug-likeness (QED) is 0.194. The predicted octanol–water partition coefficient (Wildman–Crippen LogP) is 8.81. The number of amides is 1. The maximum Gasteiger partial charge on any atom is 0.238 e. The molecule has 0 fully saturated rings. The van der Waals surface area contributed by atoms with Gasteiger partial charge in [0.2, 0.25) is 16.4 Å². The Morgan fingerprint density at radius 2 is 1.27 bits per heavy atom. The number of benzene rings is 5. The summed E-state index contributed by atoms with van der Waals surface area (Å²) in [5.74, 6) is 0. The maximum atomic E-state index is 11.5. The van der Waals surface area contributed by atoms with Crippen LogP contribution >= 0.6 is 15.9 Å². The first-order chi connectivity index (χ1) is 19.6. The summed E-state index contributed by atoms with van der Waals surface area (Å²) >= 11 is 3.45. The fraction of sp³-hybridized carbons (Fsp3) is 0.147. The van der Waals surface area contributed by atoms with Gasteiger partial charge in [-0.25, -0.2) is 13.6 Å². The number of carbonyl (C=O) groups excluding carboxylic acids is 1. The van der Waals surface area contributed by atoms with Crippen LogP contribution in [-0.4, -0.2) is 14.8 Å². The van der Waals surface area contributed by atoms with Crippen molar-refractivity contribution in [1.82, 2.24) is 0 Å². The van der Waals surface area contributed by atoms with Gasteiger partial charge in [-0.05, 0) is 66.9 Å². The summed E-state index contributed by atoms with van der Waals surface area (Å²) in [6.07, 6.45) is 0.683. The van der Waals surface area contributed by atoms with Gasteiger partial charge in [0.1, 0.15) is 0 Å². The molecular formula is C34H37BrN2O3S. The first kappa shape index (κ1) is 33.4. The number of aryl methyl sites for hydroxylation is 3. The van der Waals surface area contributed by atoms with Crippen LogP contribution in [0, 0.1) is 20.8 Å². The molecule has 0 unspecified atom stereocenters. The van der Waals surface area contributed by atoms with Crippen LogP contribution < -0.4 is 10.5 Å². The van der Waals surface area contributed by atoms with E-state index in [2.05, 4.69) is 64.6 Å². The zero-order valence-corrected chi connectivity index (χ0v) is 26.5. The Labute approximate surface area is 252 Å². The summed E-state index contributed by atoms with van der Waals surface area (Å²) in [4.78, 5) is 10.2. The van der Waals surface area contributed by atoms with Crippen molar-refractivity contribution in [3.8, 4) is 11.1 Å². The number of hydrogen-bond acceptors (Lipinski definition) is 3. The van der Waals surface area contributed by atoms with Gasteiger partial charge in [0.05, 0.1) is 4.90 Å². The number of halogens is 1. The minimum Gasteiger partial charge on any atom is -0.328 e. The van der Waals surface area contributed by atoms with Gasteiger partial charge in [-0.1, -0.05) is 126 Å². The van der Waals surface area contributed by atoms with Crippen LogP contribution in [0.4, 0.5) is 5.69 Å². The Hall–Kier alpha value is -3.78. The van der Waals surface area contributed by atoms with E-state index in [-0.39, 0.29) is 4.90 Å². The lowest BCUT2D eigenvalue weighted by molar-refractivity contribution is -0.105. The van der Waals surface area contributed by atoms with Crippen LogP contribution in [-0.2, 0) is 14.8 Å². The molecule has 1 amide bonds. The molecule has 0 heterocycles. The Morgan fingerprint density at radius 3 is 1.90 bits per heavy atom. The second-order valence-corrected chi connectivity index (χ2v) is 11.4. The molecular weight excluding hydrogens is 596 g/mol. The molecule has 0 atom stereocenters. The molecule has 0 aliphatic heterocycles. The lowest BCUT2D eigenvalue weighted by Crippen LogP contribution is -2.13. The number of carbonyl (C=O) groups is 1. The van der Waals surface area contributed by atoms with Crippen molar-refractivity contribution >= 4 is 48.8 Å². The summed E-state index contributed by atoms with van der Waals surface area (Å²) < 4.78 is 24.1. The van der Waals surface area contributed by atoms with Gasteiger partial charge >= 0.3 is 0 Å². The molecule has 0 spiro atoms. The van der Waals surface area contributed by atoms with Crippen LogP contribution in [0.5, 0.6) is 0 Å². The lowest BCUT2D eigenvalue weighted by atomic mass is 10.0. The highest BCUT2D eigenvalue weighted by Crippen LogP contribution is 2.26. The van der Waals surface area contributed by atoms with Crippen molar-refractivity contribution in [1.29, 1.82) is 0 Å². The van der Waals surface area contributed by atoms with Gasteiger partial charge in [0.25, 0.3) is 0 Å². The largest absolute Gasteiger partial charge is 0.328 e. The predicted molar refractivity (Wildman–Crippen MR) is 177 cm³/mol. The molecule has 5 rings (SSSR count). The summed E-state index contributed by atoms with van der Waals surface area (Å²) in [5, 5.41) is 10.4. The second kappa shape index (κ2) is 16.5. The first-order valence-corrected chi connectivity index (χ1v) is 15.5. The topological polar surface area (TPSA) is 89.3 Å². The van der Waals surface area contributed by atoms with Gasteiger partial charge in [-0.2, -0.15) is 0 Å². The van der Waals surface area contributed by atoms with Crippen LogP contribution in [0.25, 0.3) is 21.9 Å². The van der Waals surface area contributed by atoms with Gasteiger partial charge in [-0.3, -0.25) is 4.79 Å². The Bertz CT molecular complexity index is 1630. The Balaban J connectivity index is 0.000000217. The number of hydrogen-bond donors (Lipinski definition) is 2. The minimum absolute atomic E-state index is 0.156. The average molecular weight is 634 g/mol. The highest BCUT2D eigenvalue weighted by Gasteiger charge is 2.13. The third kappa shape index (κ3) is 10.6. The number of nitrogens with two attached hydrogens (primary N) is 1. The van der Waals surface area contributed by atoms with E-state index >= 15 is 0 Å². The highest BCUT2D eigenvalue weighted by molar-refractivity contribution is 9.10. The molecule has 7 heteroatoms. The molecule has 214 valence electrons. The van der Waals surface area contributed by atoms with Crippen LogP contribution in [0.3, 0.4) is 0 Å². The van der Waals surface area contributed by atoms with Crippen LogP contribution in [0.15, 0.2) is 119 Å². The van der Waals surface area contributed by atoms with E-state index in [0.717, 1.165) is 26.9 Å². The molecule has 0 bridgehead atoms. The Morgan fingerprint density at radius 1 is 0.707 bits per heavy atom. The van der Waals surface area contributed by atoms with Gasteiger partial charge in [-0.15, -0.1) is 0 Å². The Kier molecular flexibility index (Phi) is 13.4. The summed E-state index contributed by atoms with van der Waals surface area (Å²) in [6.45, 7) is 10.0. The maximum absolute atomic E-state index is 11.5. The number of fused-ring (bicyclic) bond motifs is 1. The number of nitrogens with one attached hydrogen (secondary N) is 1. The lowest BCUT2D eigenvalue weighted by Gasteiger charge is -2.07. The van der Waals surface area contributed by atoms with Crippen molar-refractivity contribution in [2.45, 2.75) is 39.5 Å². The van der Waals surface area contributed by atoms with E-state index < -0.39 is 10.0 Å². The fourth-order valence-electron chi connectivity index (χ4n) is 3.82. The fourth-order valence-corrected chi connectivity index (χ4v) is 4.96. The number of para-hydroxylation sites is 1. The average Bonchev–Trinajstić information content (AvgIpc) is 2.96. The highest BCUT2D eigenvalue weighted by atomic mass is 79.9. The summed E-state index contributed by atoms with van der Waals surface area (Å²) in [6, 6.07) is 34.8. The molecule has 0 saturated heterocycles. The minimum atomic E-state index is -3.69. The molecule has 5 aromatic rings. The smallest absolute Gasteiger partial charge is 0.238 e. The molecule has 0 radical (unpaired) electrons. The second-order valence-electron chi connectivity index (χ2n) is 8.98. The van der Waals surface area contributed by atoms with E-state index in [9.17, 15) is 13.2 Å². The number of primary sulfonamides is 1. The number of rotatable bonds is 4. The molecule has 3 N–H and O–H groups in total. The number of anilines is 1. The van der Waals surface area contributed by atoms with E-state index in [4.69, 9.17) is 5.14 Å². The van der Waals surface area contributed by atoms with Gasteiger partial charge in [0.15, 0.2) is 0 Å². The normalized spacial score (nSPS) is 10.1. The monoisotopic (exact) mass is 632 g/mol. The molecule has 41 heavy (non-hydrogen) atoms. The van der Waals surface area contributed by atoms with Crippen molar-refractivity contribution in [2.24, 2.45) is 5.14 Å². The molecule has 5 nitrogen and oxygen atoms in total. The standard InChI is InChI=1S/C13H13NO2S.C11H9Br.C8H9NO.C2H6/c1-10-6-8-11(9-7-10)12-4-2-3-5-13(12)17(14,15)16;1-8-2-3-10-7-11(12)5-4-9(10)6-8;1-7-4-2-3-5-8(7)9-6-10;1-2/h2-9H,1H3,(H2,14,15,16);2-7H,1H3;2-6H,1H3,(H,9,10);1-2H3. The van der Waals surface area contributed by atoms with Crippen molar-refractivity contribution in [3.05, 3.63) is 130 Å². The molecule has 0 saturated carbocycles. The molecule has 5 aromatic carbocycles. The third-order valence-corrected chi connectivity index (χ3v) is 7.34. The van der Waals surface area contributed by atoms with E-state index in [1.165, 1.54) is 22.4 Å². The van der Waals surface area contributed by atoms with E-state index in [1.807, 2.05) is 76.2 Å². The van der Waals surface area contributed by atoms with E-state index in [1.54, 1.807) is 18.2 Å². The molecule has 0 aromatic heterocycles. The SMILES string of the molecule is CC.Cc1ccc(-c2ccccc2S(N)(=O)=O)cc1.Cc1ccc2cc(Br)ccc2c1.Cc1ccccc1NC=O.